The molecule has 3 N–H and O–H groups in total. The Kier molecular flexibility index (Phi) is 6.58. The second-order valence-electron chi connectivity index (χ2n) is 6.23. The summed E-state index contributed by atoms with van der Waals surface area (Å²) >= 11 is 0. The molecule has 0 amide bonds. The van der Waals surface area contributed by atoms with Crippen molar-refractivity contribution in [1.29, 1.82) is 0 Å². The number of nitrogen functional groups attached to an aromatic ring is 1. The summed E-state index contributed by atoms with van der Waals surface area (Å²) in [6.45, 7) is 11.5. The molecule has 0 aliphatic rings. The third-order valence-corrected chi connectivity index (χ3v) is 3.07. The van der Waals surface area contributed by atoms with Gasteiger partial charge in [-0.1, -0.05) is 33.8 Å². The normalized spacial score (nSPS) is 11.4. The van der Waals surface area contributed by atoms with Crippen molar-refractivity contribution in [3.05, 3.63) is 33.9 Å². The van der Waals surface area contributed by atoms with Crippen molar-refractivity contribution in [2.24, 2.45) is 17.7 Å². The average molecular weight is 294 g/mol. The summed E-state index contributed by atoms with van der Waals surface area (Å²) in [6.07, 6.45) is 0. The maximum absolute atomic E-state index is 10.9. The number of nitrogens with two attached hydrogens (primary N) is 1. The van der Waals surface area contributed by atoms with Gasteiger partial charge in [0.05, 0.1) is 4.92 Å². The highest BCUT2D eigenvalue weighted by atomic mass is 16.6. The molecule has 0 aromatic heterocycles. The molecular formula is C15H26N4O2. The topological polar surface area (TPSA) is 84.4 Å². The minimum atomic E-state index is -0.432. The summed E-state index contributed by atoms with van der Waals surface area (Å²) in [6, 6.07) is 5.06. The number of benzene rings is 1. The van der Waals surface area contributed by atoms with Crippen molar-refractivity contribution in [3.63, 3.8) is 0 Å². The Balaban J connectivity index is 2.90. The van der Waals surface area contributed by atoms with Gasteiger partial charge < -0.3 is 5.43 Å². The quantitative estimate of drug-likeness (QED) is 0.437. The van der Waals surface area contributed by atoms with Crippen LogP contribution in [0, 0.1) is 22.0 Å². The number of nitrogens with one attached hydrogen (secondary N) is 1. The Bertz CT molecular complexity index is 465. The first kappa shape index (κ1) is 17.4. The molecule has 0 aliphatic heterocycles. The fourth-order valence-corrected chi connectivity index (χ4v) is 2.45. The van der Waals surface area contributed by atoms with Gasteiger partial charge in [0.15, 0.2) is 0 Å². The molecule has 0 spiro atoms. The van der Waals surface area contributed by atoms with Gasteiger partial charge in [0.1, 0.15) is 5.69 Å². The lowest BCUT2D eigenvalue weighted by molar-refractivity contribution is -0.384. The molecule has 0 bridgehead atoms. The van der Waals surface area contributed by atoms with Gasteiger partial charge in [-0.25, -0.2) is 0 Å². The highest BCUT2D eigenvalue weighted by molar-refractivity contribution is 5.62. The molecule has 1 aromatic carbocycles. The molecular weight excluding hydrogens is 268 g/mol. The van der Waals surface area contributed by atoms with E-state index in [0.717, 1.165) is 25.2 Å². The molecule has 0 saturated carbocycles. The van der Waals surface area contributed by atoms with Crippen molar-refractivity contribution in [2.45, 2.75) is 34.2 Å². The third kappa shape index (κ3) is 5.69. The first-order chi connectivity index (χ1) is 9.83. The number of hydrogen-bond acceptors (Lipinski definition) is 5. The minimum absolute atomic E-state index is 0.000481. The summed E-state index contributed by atoms with van der Waals surface area (Å²) in [5, 5.41) is 10.9. The number of nitro benzene ring substituents is 1. The zero-order chi connectivity index (χ0) is 16.0. The SMILES string of the molecule is CC(C)CN(Cc1ccc([N+](=O)[O-])c(NN)c1)CC(C)C. The van der Waals surface area contributed by atoms with Crippen LogP contribution in [0.2, 0.25) is 0 Å². The fraction of sp³-hybridized carbons (Fsp3) is 0.600. The van der Waals surface area contributed by atoms with Gasteiger partial charge in [-0.05, 0) is 23.5 Å². The molecule has 21 heavy (non-hydrogen) atoms. The van der Waals surface area contributed by atoms with Crippen molar-refractivity contribution in [1.82, 2.24) is 4.90 Å². The maximum atomic E-state index is 10.9. The zero-order valence-corrected chi connectivity index (χ0v) is 13.3. The molecule has 0 heterocycles. The second kappa shape index (κ2) is 7.95. The van der Waals surface area contributed by atoms with Crippen LogP contribution in [0.15, 0.2) is 18.2 Å². The number of anilines is 1. The Morgan fingerprint density at radius 2 is 1.81 bits per heavy atom. The molecule has 0 unspecified atom stereocenters. The summed E-state index contributed by atoms with van der Waals surface area (Å²) in [7, 11) is 0. The van der Waals surface area contributed by atoms with Gasteiger partial charge >= 0.3 is 0 Å². The van der Waals surface area contributed by atoms with Crippen LogP contribution in [-0.2, 0) is 6.54 Å². The summed E-state index contributed by atoms with van der Waals surface area (Å²) < 4.78 is 0. The van der Waals surface area contributed by atoms with Gasteiger partial charge in [0.25, 0.3) is 5.69 Å². The van der Waals surface area contributed by atoms with Crippen molar-refractivity contribution >= 4 is 11.4 Å². The van der Waals surface area contributed by atoms with E-state index in [9.17, 15) is 10.1 Å². The van der Waals surface area contributed by atoms with Gasteiger partial charge in [0.2, 0.25) is 0 Å². The van der Waals surface area contributed by atoms with Crippen LogP contribution < -0.4 is 11.3 Å². The second-order valence-corrected chi connectivity index (χ2v) is 6.23. The van der Waals surface area contributed by atoms with Crippen LogP contribution >= 0.6 is 0 Å². The highest BCUT2D eigenvalue weighted by Crippen LogP contribution is 2.25. The lowest BCUT2D eigenvalue weighted by Gasteiger charge is -2.26. The van der Waals surface area contributed by atoms with Crippen molar-refractivity contribution in [3.8, 4) is 0 Å². The van der Waals surface area contributed by atoms with Gasteiger partial charge in [-0.15, -0.1) is 0 Å². The van der Waals surface area contributed by atoms with Crippen molar-refractivity contribution < 1.29 is 4.92 Å². The molecule has 0 radical (unpaired) electrons. The fourth-order valence-electron chi connectivity index (χ4n) is 2.45. The standard InChI is InChI=1S/C15H26N4O2/c1-11(2)8-18(9-12(3)4)10-13-5-6-15(19(20)21)14(7-13)17-16/h5-7,11-12,17H,8-10,16H2,1-4H3. The first-order valence-electron chi connectivity index (χ1n) is 7.29. The lowest BCUT2D eigenvalue weighted by atomic mass is 10.1. The minimum Gasteiger partial charge on any atom is -0.318 e. The van der Waals surface area contributed by atoms with Gasteiger partial charge in [-0.2, -0.15) is 0 Å². The molecule has 1 rings (SSSR count). The smallest absolute Gasteiger partial charge is 0.293 e. The lowest BCUT2D eigenvalue weighted by Crippen LogP contribution is -2.31. The van der Waals surface area contributed by atoms with E-state index < -0.39 is 4.92 Å². The maximum Gasteiger partial charge on any atom is 0.293 e. The average Bonchev–Trinajstić information content (AvgIpc) is 2.36. The summed E-state index contributed by atoms with van der Waals surface area (Å²) in [4.78, 5) is 12.8. The van der Waals surface area contributed by atoms with Crippen LogP contribution in [0.1, 0.15) is 33.3 Å². The molecule has 6 nitrogen and oxygen atoms in total. The van der Waals surface area contributed by atoms with E-state index in [1.807, 2.05) is 0 Å². The molecule has 0 aliphatic carbocycles. The Morgan fingerprint density at radius 3 is 2.24 bits per heavy atom. The highest BCUT2D eigenvalue weighted by Gasteiger charge is 2.15. The largest absolute Gasteiger partial charge is 0.318 e. The van der Waals surface area contributed by atoms with Crippen LogP contribution in [0.3, 0.4) is 0 Å². The number of hydrazine groups is 1. The summed E-state index contributed by atoms with van der Waals surface area (Å²) in [5.74, 6) is 6.54. The monoisotopic (exact) mass is 294 g/mol. The number of rotatable bonds is 8. The number of nitrogens with zero attached hydrogens (tertiary/aromatic N) is 2. The zero-order valence-electron chi connectivity index (χ0n) is 13.3. The van der Waals surface area contributed by atoms with Crippen LogP contribution in [0.25, 0.3) is 0 Å². The Morgan fingerprint density at radius 1 is 1.24 bits per heavy atom. The molecule has 0 fully saturated rings. The van der Waals surface area contributed by atoms with E-state index in [2.05, 4.69) is 38.0 Å². The predicted molar refractivity (Wildman–Crippen MR) is 85.9 cm³/mol. The van der Waals surface area contributed by atoms with Gasteiger partial charge in [0, 0.05) is 25.7 Å². The van der Waals surface area contributed by atoms with Crippen LogP contribution in [-0.4, -0.2) is 22.9 Å². The van der Waals surface area contributed by atoms with Crippen LogP contribution in [0.4, 0.5) is 11.4 Å². The van der Waals surface area contributed by atoms with E-state index in [1.54, 1.807) is 12.1 Å². The molecule has 118 valence electrons. The van der Waals surface area contributed by atoms with Crippen LogP contribution in [0.5, 0.6) is 0 Å². The van der Waals surface area contributed by atoms with Gasteiger partial charge in [-0.3, -0.25) is 20.9 Å². The van der Waals surface area contributed by atoms with E-state index in [1.165, 1.54) is 6.07 Å². The molecule has 0 saturated heterocycles. The van der Waals surface area contributed by atoms with E-state index in [-0.39, 0.29) is 5.69 Å². The molecule has 6 heteroatoms. The first-order valence-corrected chi connectivity index (χ1v) is 7.29. The summed E-state index contributed by atoms with van der Waals surface area (Å²) in [5.41, 5.74) is 3.79. The molecule has 1 aromatic rings. The van der Waals surface area contributed by atoms with E-state index in [4.69, 9.17) is 5.84 Å². The number of hydrogen-bond donors (Lipinski definition) is 2. The molecule has 0 atom stereocenters. The Labute approximate surface area is 126 Å². The number of nitro groups is 1. The Hall–Kier alpha value is -1.66. The van der Waals surface area contributed by atoms with E-state index in [0.29, 0.717) is 17.5 Å². The predicted octanol–water partition coefficient (Wildman–Crippen LogP) is 2.99. The third-order valence-electron chi connectivity index (χ3n) is 3.07. The van der Waals surface area contributed by atoms with Crippen molar-refractivity contribution in [2.75, 3.05) is 18.5 Å². The van der Waals surface area contributed by atoms with E-state index >= 15 is 0 Å².